The van der Waals surface area contributed by atoms with E-state index in [0.717, 1.165) is 45.9 Å². The van der Waals surface area contributed by atoms with Crippen LogP contribution in [-0.2, 0) is 4.79 Å². The minimum absolute atomic E-state index is 0.0141. The molecule has 1 saturated heterocycles. The number of nitrogens with one attached hydrogen (secondary N) is 1. The number of aryl methyl sites for hydroxylation is 1. The normalized spacial score (nSPS) is 18.7. The number of anilines is 1. The second kappa shape index (κ2) is 8.52. The average molecular weight is 472 g/mol. The maximum Gasteiger partial charge on any atom is 0.246 e. The van der Waals surface area contributed by atoms with E-state index in [-0.39, 0.29) is 23.9 Å². The van der Waals surface area contributed by atoms with E-state index in [0.29, 0.717) is 6.54 Å². The predicted octanol–water partition coefficient (Wildman–Crippen LogP) is 4.62. The van der Waals surface area contributed by atoms with Gasteiger partial charge in [0.05, 0.1) is 16.7 Å². The molecule has 1 amide bonds. The molecular formula is C27H33N7O. The Labute approximate surface area is 205 Å². The maximum atomic E-state index is 12.3. The first-order valence-electron chi connectivity index (χ1n) is 12.2. The zero-order valence-electron chi connectivity index (χ0n) is 21.3. The zero-order valence-corrected chi connectivity index (χ0v) is 21.3. The van der Waals surface area contributed by atoms with E-state index in [1.165, 1.54) is 17.2 Å². The van der Waals surface area contributed by atoms with Crippen LogP contribution in [0, 0.1) is 13.8 Å². The molecule has 8 nitrogen and oxygen atoms in total. The third-order valence-corrected chi connectivity index (χ3v) is 7.38. The highest BCUT2D eigenvalue weighted by atomic mass is 16.2. The molecular weight excluding hydrogens is 438 g/mol. The van der Waals surface area contributed by atoms with Crippen LogP contribution in [0.4, 0.5) is 5.82 Å². The molecule has 182 valence electrons. The molecule has 4 aromatic rings. The van der Waals surface area contributed by atoms with Crippen LogP contribution in [-0.4, -0.2) is 60.5 Å². The van der Waals surface area contributed by atoms with Crippen molar-refractivity contribution in [3.63, 3.8) is 0 Å². The highest BCUT2D eigenvalue weighted by Gasteiger charge is 2.32. The molecule has 2 atom stereocenters. The number of aromatic nitrogens is 5. The quantitative estimate of drug-likeness (QED) is 0.439. The molecule has 0 saturated carbocycles. The fraction of sp³-hybridized carbons (Fsp3) is 0.407. The van der Waals surface area contributed by atoms with Crippen molar-refractivity contribution in [3.8, 4) is 11.3 Å². The minimum Gasteiger partial charge on any atom is -0.353 e. The first-order chi connectivity index (χ1) is 16.7. The number of fused-ring (bicyclic) bond motifs is 2. The van der Waals surface area contributed by atoms with Crippen molar-refractivity contribution in [1.82, 2.24) is 29.5 Å². The van der Waals surface area contributed by atoms with Crippen molar-refractivity contribution in [3.05, 3.63) is 54.0 Å². The molecule has 5 heterocycles. The van der Waals surface area contributed by atoms with Gasteiger partial charge in [-0.05, 0) is 62.9 Å². The number of piperazine rings is 1. The van der Waals surface area contributed by atoms with Crippen LogP contribution in [0.3, 0.4) is 0 Å². The Morgan fingerprint density at radius 3 is 2.66 bits per heavy atom. The lowest BCUT2D eigenvalue weighted by atomic mass is 9.95. The molecule has 1 aliphatic rings. The van der Waals surface area contributed by atoms with Gasteiger partial charge in [-0.2, -0.15) is 5.10 Å². The number of aromatic amines is 1. The van der Waals surface area contributed by atoms with E-state index in [9.17, 15) is 4.79 Å². The van der Waals surface area contributed by atoms with Crippen LogP contribution >= 0.6 is 0 Å². The number of carbonyl (C=O) groups excluding carboxylic acids is 1. The molecule has 35 heavy (non-hydrogen) atoms. The third kappa shape index (κ3) is 3.68. The molecule has 1 aliphatic heterocycles. The third-order valence-electron chi connectivity index (χ3n) is 7.38. The molecule has 1 fully saturated rings. The van der Waals surface area contributed by atoms with Gasteiger partial charge in [0.25, 0.3) is 0 Å². The van der Waals surface area contributed by atoms with E-state index in [1.807, 2.05) is 9.42 Å². The zero-order chi connectivity index (χ0) is 25.0. The van der Waals surface area contributed by atoms with Gasteiger partial charge in [-0.1, -0.05) is 20.4 Å². The van der Waals surface area contributed by atoms with Crippen LogP contribution < -0.4 is 4.90 Å². The lowest BCUT2D eigenvalue weighted by molar-refractivity contribution is -0.128. The number of H-pyrrole nitrogens is 1. The van der Waals surface area contributed by atoms with Crippen molar-refractivity contribution < 1.29 is 4.79 Å². The van der Waals surface area contributed by atoms with Crippen molar-refractivity contribution in [2.45, 2.75) is 59.5 Å². The highest BCUT2D eigenvalue weighted by molar-refractivity contribution is 5.91. The molecule has 0 spiro atoms. The van der Waals surface area contributed by atoms with Gasteiger partial charge in [-0.15, -0.1) is 0 Å². The SMILES string of the molecule is C=CC(=O)N1CC(C)N(c2ccc3[nH]c(-c4cn5ncnc5c(C)c4C)c(C(C)C)c3n2)C[C@@H]1C. The van der Waals surface area contributed by atoms with Crippen molar-refractivity contribution >= 4 is 28.4 Å². The summed E-state index contributed by atoms with van der Waals surface area (Å²) in [5, 5.41) is 4.39. The van der Waals surface area contributed by atoms with E-state index in [2.05, 4.69) is 86.4 Å². The number of hydrogen-bond acceptors (Lipinski definition) is 5. The molecule has 5 rings (SSSR count). The topological polar surface area (TPSA) is 82.4 Å². The fourth-order valence-electron chi connectivity index (χ4n) is 5.33. The first kappa shape index (κ1) is 23.1. The standard InChI is InChI=1S/C27H33N7O/c1-8-23(35)33-12-16(4)32(11-17(33)5)22-10-9-21-26(31-22)24(15(2)3)25(30-21)20-13-34-27(28-14-29-34)19(7)18(20)6/h8-10,13-17,30H,1,11-12H2,2-7H3/t16?,17-/m0/s1. The summed E-state index contributed by atoms with van der Waals surface area (Å²) in [5.74, 6) is 1.19. The molecule has 1 unspecified atom stereocenters. The Bertz CT molecular complexity index is 1450. The Morgan fingerprint density at radius 2 is 1.94 bits per heavy atom. The smallest absolute Gasteiger partial charge is 0.246 e. The van der Waals surface area contributed by atoms with E-state index in [4.69, 9.17) is 4.98 Å². The largest absolute Gasteiger partial charge is 0.353 e. The number of rotatable bonds is 4. The van der Waals surface area contributed by atoms with Crippen LogP contribution in [0.5, 0.6) is 0 Å². The summed E-state index contributed by atoms with van der Waals surface area (Å²) >= 11 is 0. The number of nitrogens with zero attached hydrogens (tertiary/aromatic N) is 6. The number of pyridine rings is 2. The summed E-state index contributed by atoms with van der Waals surface area (Å²) in [4.78, 5) is 29.7. The van der Waals surface area contributed by atoms with E-state index >= 15 is 0 Å². The lowest BCUT2D eigenvalue weighted by Crippen LogP contribution is -2.58. The Kier molecular flexibility index (Phi) is 5.62. The van der Waals surface area contributed by atoms with Gasteiger partial charge in [-0.3, -0.25) is 4.79 Å². The second-order valence-electron chi connectivity index (χ2n) is 10.0. The molecule has 0 bridgehead atoms. The summed E-state index contributed by atoms with van der Waals surface area (Å²) in [6.45, 7) is 17.9. The van der Waals surface area contributed by atoms with Gasteiger partial charge in [-0.25, -0.2) is 14.5 Å². The van der Waals surface area contributed by atoms with Gasteiger partial charge in [0.1, 0.15) is 12.1 Å². The molecule has 8 heteroatoms. The number of carbonyl (C=O) groups is 1. The van der Waals surface area contributed by atoms with Gasteiger partial charge < -0.3 is 14.8 Å². The van der Waals surface area contributed by atoms with Gasteiger partial charge in [0.15, 0.2) is 5.65 Å². The van der Waals surface area contributed by atoms with Crippen LogP contribution in [0.2, 0.25) is 0 Å². The van der Waals surface area contributed by atoms with Crippen LogP contribution in [0.15, 0.2) is 37.3 Å². The number of hydrogen-bond donors (Lipinski definition) is 1. The molecule has 0 aliphatic carbocycles. The molecule has 0 radical (unpaired) electrons. The Hall–Kier alpha value is -3.68. The molecule has 4 aromatic heterocycles. The van der Waals surface area contributed by atoms with Crippen molar-refractivity contribution in [1.29, 1.82) is 0 Å². The summed E-state index contributed by atoms with van der Waals surface area (Å²) in [5.41, 5.74) is 8.59. The van der Waals surface area contributed by atoms with Gasteiger partial charge in [0, 0.05) is 42.5 Å². The second-order valence-corrected chi connectivity index (χ2v) is 10.0. The van der Waals surface area contributed by atoms with Crippen LogP contribution in [0.1, 0.15) is 50.3 Å². The van der Waals surface area contributed by atoms with E-state index in [1.54, 1.807) is 6.33 Å². The van der Waals surface area contributed by atoms with Gasteiger partial charge >= 0.3 is 0 Å². The maximum absolute atomic E-state index is 12.3. The van der Waals surface area contributed by atoms with Crippen LogP contribution in [0.25, 0.3) is 27.9 Å². The predicted molar refractivity (Wildman–Crippen MR) is 140 cm³/mol. The summed E-state index contributed by atoms with van der Waals surface area (Å²) in [7, 11) is 0. The molecule has 0 aromatic carbocycles. The van der Waals surface area contributed by atoms with Crippen molar-refractivity contribution in [2.24, 2.45) is 0 Å². The van der Waals surface area contributed by atoms with Gasteiger partial charge in [0.2, 0.25) is 5.91 Å². The van der Waals surface area contributed by atoms with Crippen molar-refractivity contribution in [2.75, 3.05) is 18.0 Å². The highest BCUT2D eigenvalue weighted by Crippen LogP contribution is 2.38. The summed E-state index contributed by atoms with van der Waals surface area (Å²) in [6, 6.07) is 4.45. The fourth-order valence-corrected chi connectivity index (χ4v) is 5.33. The Balaban J connectivity index is 1.61. The minimum atomic E-state index is -0.0141. The number of amides is 1. The first-order valence-corrected chi connectivity index (χ1v) is 12.2. The Morgan fingerprint density at radius 1 is 1.17 bits per heavy atom. The molecule has 1 N–H and O–H groups in total. The summed E-state index contributed by atoms with van der Waals surface area (Å²) in [6.07, 6.45) is 5.06. The van der Waals surface area contributed by atoms with E-state index < -0.39 is 0 Å². The summed E-state index contributed by atoms with van der Waals surface area (Å²) < 4.78 is 1.85. The average Bonchev–Trinajstić information content (AvgIpc) is 3.46. The lowest BCUT2D eigenvalue weighted by Gasteiger charge is -2.44. The monoisotopic (exact) mass is 471 g/mol.